The summed E-state index contributed by atoms with van der Waals surface area (Å²) in [6, 6.07) is 15.4. The molecule has 0 spiro atoms. The zero-order chi connectivity index (χ0) is 13.5. The minimum atomic E-state index is 0.196. The van der Waals surface area contributed by atoms with Crippen LogP contribution in [0.25, 0.3) is 0 Å². The zero-order valence-electron chi connectivity index (χ0n) is 10.7. The Morgan fingerprint density at radius 2 is 1.95 bits per heavy atom. The molecule has 0 aliphatic rings. The van der Waals surface area contributed by atoms with Crippen LogP contribution in [0.1, 0.15) is 11.3 Å². The van der Waals surface area contributed by atoms with Gasteiger partial charge in [-0.2, -0.15) is 5.26 Å². The third-order valence-corrected chi connectivity index (χ3v) is 2.60. The number of nitriles is 1. The van der Waals surface area contributed by atoms with Gasteiger partial charge in [-0.15, -0.1) is 0 Å². The van der Waals surface area contributed by atoms with Crippen LogP contribution in [0.2, 0.25) is 0 Å². The fraction of sp³-hybridized carbons (Fsp3) is 0.200. The number of hydrogen-bond acceptors (Lipinski definition) is 4. The van der Waals surface area contributed by atoms with E-state index < -0.39 is 0 Å². The fourth-order valence-corrected chi connectivity index (χ4v) is 1.65. The molecular formula is C15H14N2O2. The minimum Gasteiger partial charge on any atom is -0.487 e. The molecule has 0 bridgehead atoms. The summed E-state index contributed by atoms with van der Waals surface area (Å²) in [6.07, 6.45) is 0.196. The topological polar surface area (TPSA) is 55.1 Å². The van der Waals surface area contributed by atoms with Gasteiger partial charge in [-0.3, -0.25) is 0 Å². The molecule has 2 rings (SSSR count). The summed E-state index contributed by atoms with van der Waals surface area (Å²) in [4.78, 5) is 4.22. The molecule has 0 saturated heterocycles. The van der Waals surface area contributed by atoms with Gasteiger partial charge in [-0.05, 0) is 11.6 Å². The van der Waals surface area contributed by atoms with Crippen LogP contribution in [-0.2, 0) is 13.0 Å². The summed E-state index contributed by atoms with van der Waals surface area (Å²) in [6.45, 7) is 0.452. The molecule has 0 fully saturated rings. The molecule has 2 aromatic rings. The molecule has 4 heteroatoms. The molecule has 0 amide bonds. The van der Waals surface area contributed by atoms with Crippen molar-refractivity contribution in [3.05, 3.63) is 53.7 Å². The standard InChI is InChI=1S/C15H14N2O2/c1-18-15-8-7-14(13(17-15)9-10-16)19-11-12-5-3-2-4-6-12/h2-8H,9,11H2,1H3. The van der Waals surface area contributed by atoms with Crippen LogP contribution >= 0.6 is 0 Å². The van der Waals surface area contributed by atoms with Crippen molar-refractivity contribution in [1.29, 1.82) is 5.26 Å². The molecule has 0 N–H and O–H groups in total. The SMILES string of the molecule is COc1ccc(OCc2ccccc2)c(CC#N)n1. The summed E-state index contributed by atoms with van der Waals surface area (Å²) < 4.78 is 10.7. The van der Waals surface area contributed by atoms with Gasteiger partial charge in [0.05, 0.1) is 19.6 Å². The van der Waals surface area contributed by atoms with Gasteiger partial charge in [0, 0.05) is 6.07 Å². The smallest absolute Gasteiger partial charge is 0.213 e. The second kappa shape index (κ2) is 6.41. The molecule has 1 heterocycles. The summed E-state index contributed by atoms with van der Waals surface area (Å²) in [5.41, 5.74) is 1.67. The normalized spacial score (nSPS) is 9.68. The Kier molecular flexibility index (Phi) is 4.35. The van der Waals surface area contributed by atoms with Crippen LogP contribution in [0.15, 0.2) is 42.5 Å². The lowest BCUT2D eigenvalue weighted by molar-refractivity contribution is 0.300. The van der Waals surface area contributed by atoms with E-state index >= 15 is 0 Å². The Bertz CT molecular complexity index is 576. The molecule has 1 aromatic carbocycles. The predicted molar refractivity (Wildman–Crippen MR) is 70.9 cm³/mol. The van der Waals surface area contributed by atoms with E-state index in [1.54, 1.807) is 19.2 Å². The van der Waals surface area contributed by atoms with E-state index in [1.807, 2.05) is 30.3 Å². The molecule has 0 radical (unpaired) electrons. The van der Waals surface area contributed by atoms with Crippen molar-refractivity contribution in [2.24, 2.45) is 0 Å². The predicted octanol–water partition coefficient (Wildman–Crippen LogP) is 2.74. The molecule has 19 heavy (non-hydrogen) atoms. The number of pyridine rings is 1. The van der Waals surface area contributed by atoms with Crippen molar-refractivity contribution in [2.45, 2.75) is 13.0 Å². The number of rotatable bonds is 5. The first kappa shape index (κ1) is 12.9. The minimum absolute atomic E-state index is 0.196. The number of hydrogen-bond donors (Lipinski definition) is 0. The molecule has 1 aromatic heterocycles. The third-order valence-electron chi connectivity index (χ3n) is 2.60. The maximum Gasteiger partial charge on any atom is 0.213 e. The van der Waals surface area contributed by atoms with Crippen LogP contribution in [0, 0.1) is 11.3 Å². The molecule has 96 valence electrons. The van der Waals surface area contributed by atoms with Gasteiger partial charge in [-0.1, -0.05) is 30.3 Å². The van der Waals surface area contributed by atoms with Gasteiger partial charge in [-0.25, -0.2) is 4.98 Å². The lowest BCUT2D eigenvalue weighted by Gasteiger charge is -2.10. The third kappa shape index (κ3) is 3.46. The van der Waals surface area contributed by atoms with E-state index in [0.717, 1.165) is 5.56 Å². The summed E-state index contributed by atoms with van der Waals surface area (Å²) >= 11 is 0. The number of benzene rings is 1. The molecule has 0 aliphatic heterocycles. The van der Waals surface area contributed by atoms with E-state index in [2.05, 4.69) is 11.1 Å². The molecule has 0 aliphatic carbocycles. The van der Waals surface area contributed by atoms with Gasteiger partial charge in [0.1, 0.15) is 18.1 Å². The van der Waals surface area contributed by atoms with Crippen molar-refractivity contribution in [3.8, 4) is 17.7 Å². The number of aromatic nitrogens is 1. The lowest BCUT2D eigenvalue weighted by Crippen LogP contribution is -2.01. The van der Waals surface area contributed by atoms with Gasteiger partial charge in [0.2, 0.25) is 5.88 Å². The Hall–Kier alpha value is -2.54. The van der Waals surface area contributed by atoms with Crippen molar-refractivity contribution in [3.63, 3.8) is 0 Å². The highest BCUT2D eigenvalue weighted by atomic mass is 16.5. The van der Waals surface area contributed by atoms with Crippen molar-refractivity contribution < 1.29 is 9.47 Å². The number of methoxy groups -OCH3 is 1. The lowest BCUT2D eigenvalue weighted by atomic mass is 10.2. The van der Waals surface area contributed by atoms with Crippen molar-refractivity contribution in [1.82, 2.24) is 4.98 Å². The summed E-state index contributed by atoms with van der Waals surface area (Å²) in [5.74, 6) is 1.10. The average molecular weight is 254 g/mol. The van der Waals surface area contributed by atoms with Gasteiger partial charge in [0.25, 0.3) is 0 Å². The van der Waals surface area contributed by atoms with Crippen LogP contribution in [0.5, 0.6) is 11.6 Å². The molecule has 0 saturated carbocycles. The maximum atomic E-state index is 8.81. The van der Waals surface area contributed by atoms with Crippen LogP contribution in [0.3, 0.4) is 0 Å². The highest BCUT2D eigenvalue weighted by Crippen LogP contribution is 2.21. The van der Waals surface area contributed by atoms with Crippen LogP contribution in [0.4, 0.5) is 0 Å². The zero-order valence-corrected chi connectivity index (χ0v) is 10.7. The largest absolute Gasteiger partial charge is 0.487 e. The van der Waals surface area contributed by atoms with E-state index in [-0.39, 0.29) is 6.42 Å². The molecule has 0 atom stereocenters. The summed E-state index contributed by atoms with van der Waals surface area (Å²) in [7, 11) is 1.54. The fourth-order valence-electron chi connectivity index (χ4n) is 1.65. The van der Waals surface area contributed by atoms with E-state index in [9.17, 15) is 0 Å². The monoisotopic (exact) mass is 254 g/mol. The first-order valence-electron chi connectivity index (χ1n) is 5.91. The highest BCUT2D eigenvalue weighted by molar-refractivity contribution is 5.33. The van der Waals surface area contributed by atoms with Gasteiger partial charge < -0.3 is 9.47 Å². The second-order valence-electron chi connectivity index (χ2n) is 3.91. The van der Waals surface area contributed by atoms with E-state index in [4.69, 9.17) is 14.7 Å². The highest BCUT2D eigenvalue weighted by Gasteiger charge is 2.07. The molecule has 0 unspecified atom stereocenters. The van der Waals surface area contributed by atoms with Gasteiger partial charge >= 0.3 is 0 Å². The summed E-state index contributed by atoms with van der Waals surface area (Å²) in [5, 5.41) is 8.81. The first-order valence-corrected chi connectivity index (χ1v) is 5.91. The van der Waals surface area contributed by atoms with Crippen molar-refractivity contribution >= 4 is 0 Å². The number of ether oxygens (including phenoxy) is 2. The molecular weight excluding hydrogens is 240 g/mol. The van der Waals surface area contributed by atoms with Crippen LogP contribution in [-0.4, -0.2) is 12.1 Å². The second-order valence-corrected chi connectivity index (χ2v) is 3.91. The number of nitrogens with zero attached hydrogens (tertiary/aromatic N) is 2. The van der Waals surface area contributed by atoms with Gasteiger partial charge in [0.15, 0.2) is 0 Å². The Labute approximate surface area is 112 Å². The Morgan fingerprint density at radius 3 is 2.63 bits per heavy atom. The van der Waals surface area contributed by atoms with Crippen LogP contribution < -0.4 is 9.47 Å². The molecule has 4 nitrogen and oxygen atoms in total. The van der Waals surface area contributed by atoms with E-state index in [0.29, 0.717) is 23.9 Å². The quantitative estimate of drug-likeness (QED) is 0.823. The van der Waals surface area contributed by atoms with Crippen molar-refractivity contribution in [2.75, 3.05) is 7.11 Å². The Morgan fingerprint density at radius 1 is 1.16 bits per heavy atom. The van der Waals surface area contributed by atoms with E-state index in [1.165, 1.54) is 0 Å². The maximum absolute atomic E-state index is 8.81. The average Bonchev–Trinajstić information content (AvgIpc) is 2.47. The first-order chi connectivity index (χ1) is 9.33. The Balaban J connectivity index is 2.13.